The van der Waals surface area contributed by atoms with Gasteiger partial charge in [0.1, 0.15) is 11.5 Å². The van der Waals surface area contributed by atoms with E-state index < -0.39 is 0 Å². The minimum absolute atomic E-state index is 0.190. The summed E-state index contributed by atoms with van der Waals surface area (Å²) in [6, 6.07) is 17.6. The molecule has 0 atom stereocenters. The fraction of sp³-hybridized carbons (Fsp3) is 0.174. The van der Waals surface area contributed by atoms with Crippen LogP contribution in [0.1, 0.15) is 29.8 Å². The SMILES string of the molecule is CCOc1ccc(Oc2cc(CNC(=O)c3cccc(NC(C)=O)c3)ccn2)cc1. The van der Waals surface area contributed by atoms with Crippen molar-refractivity contribution in [2.75, 3.05) is 11.9 Å². The molecule has 1 aromatic heterocycles. The van der Waals surface area contributed by atoms with Gasteiger partial charge in [0.25, 0.3) is 5.91 Å². The molecule has 0 bridgehead atoms. The summed E-state index contributed by atoms with van der Waals surface area (Å²) in [5.74, 6) is 1.41. The van der Waals surface area contributed by atoms with Gasteiger partial charge in [0, 0.05) is 37.0 Å². The zero-order valence-electron chi connectivity index (χ0n) is 16.8. The monoisotopic (exact) mass is 405 g/mol. The number of rotatable bonds is 8. The first-order valence-electron chi connectivity index (χ1n) is 9.55. The molecule has 0 saturated heterocycles. The van der Waals surface area contributed by atoms with E-state index in [0.717, 1.165) is 11.3 Å². The number of carbonyl (C=O) groups is 2. The van der Waals surface area contributed by atoms with Crippen molar-refractivity contribution in [2.24, 2.45) is 0 Å². The van der Waals surface area contributed by atoms with Gasteiger partial charge in [-0.25, -0.2) is 4.98 Å². The maximum atomic E-state index is 12.4. The molecule has 2 N–H and O–H groups in total. The Morgan fingerprint density at radius 2 is 1.77 bits per heavy atom. The third kappa shape index (κ3) is 6.07. The fourth-order valence-corrected chi connectivity index (χ4v) is 2.73. The van der Waals surface area contributed by atoms with Crippen molar-refractivity contribution in [2.45, 2.75) is 20.4 Å². The number of ether oxygens (including phenoxy) is 2. The van der Waals surface area contributed by atoms with E-state index in [1.54, 1.807) is 42.6 Å². The van der Waals surface area contributed by atoms with Crippen LogP contribution in [0.2, 0.25) is 0 Å². The van der Waals surface area contributed by atoms with E-state index in [-0.39, 0.29) is 11.8 Å². The van der Waals surface area contributed by atoms with Crippen molar-refractivity contribution in [3.8, 4) is 17.4 Å². The van der Waals surface area contributed by atoms with E-state index in [9.17, 15) is 9.59 Å². The Hall–Kier alpha value is -3.87. The number of aromatic nitrogens is 1. The van der Waals surface area contributed by atoms with Crippen molar-refractivity contribution in [1.29, 1.82) is 0 Å². The van der Waals surface area contributed by atoms with Crippen LogP contribution in [0.4, 0.5) is 5.69 Å². The van der Waals surface area contributed by atoms with Gasteiger partial charge in [-0.1, -0.05) is 6.07 Å². The highest BCUT2D eigenvalue weighted by molar-refractivity contribution is 5.96. The molecule has 0 fully saturated rings. The van der Waals surface area contributed by atoms with Crippen LogP contribution in [-0.4, -0.2) is 23.4 Å². The lowest BCUT2D eigenvalue weighted by Gasteiger charge is -2.09. The van der Waals surface area contributed by atoms with Crippen molar-refractivity contribution in [3.05, 3.63) is 78.0 Å². The average Bonchev–Trinajstić information content (AvgIpc) is 2.74. The van der Waals surface area contributed by atoms with Gasteiger partial charge in [0.15, 0.2) is 0 Å². The molecule has 1 heterocycles. The Morgan fingerprint density at radius 3 is 2.50 bits per heavy atom. The summed E-state index contributed by atoms with van der Waals surface area (Å²) in [4.78, 5) is 27.8. The van der Waals surface area contributed by atoms with Gasteiger partial charge in [0.2, 0.25) is 11.8 Å². The number of pyridine rings is 1. The van der Waals surface area contributed by atoms with E-state index in [0.29, 0.717) is 36.0 Å². The Bertz CT molecular complexity index is 1020. The topological polar surface area (TPSA) is 89.5 Å². The highest BCUT2D eigenvalue weighted by Crippen LogP contribution is 2.23. The molecule has 0 spiro atoms. The van der Waals surface area contributed by atoms with E-state index in [2.05, 4.69) is 15.6 Å². The van der Waals surface area contributed by atoms with Crippen molar-refractivity contribution in [1.82, 2.24) is 10.3 Å². The van der Waals surface area contributed by atoms with Gasteiger partial charge >= 0.3 is 0 Å². The number of amides is 2. The number of benzene rings is 2. The first kappa shape index (κ1) is 20.9. The summed E-state index contributed by atoms with van der Waals surface area (Å²) in [6.45, 7) is 4.26. The molecule has 3 aromatic rings. The second-order valence-corrected chi connectivity index (χ2v) is 6.45. The second-order valence-electron chi connectivity index (χ2n) is 6.45. The summed E-state index contributed by atoms with van der Waals surface area (Å²) in [6.07, 6.45) is 1.63. The van der Waals surface area contributed by atoms with Gasteiger partial charge in [-0.05, 0) is 61.0 Å². The molecular weight excluding hydrogens is 382 g/mol. The Labute approximate surface area is 175 Å². The lowest BCUT2D eigenvalue weighted by molar-refractivity contribution is -0.114. The molecule has 30 heavy (non-hydrogen) atoms. The minimum atomic E-state index is -0.243. The van der Waals surface area contributed by atoms with Gasteiger partial charge in [0.05, 0.1) is 6.61 Å². The number of nitrogens with one attached hydrogen (secondary N) is 2. The Balaban J connectivity index is 1.60. The van der Waals surface area contributed by atoms with E-state index in [4.69, 9.17) is 9.47 Å². The van der Waals surface area contributed by atoms with Crippen LogP contribution < -0.4 is 20.1 Å². The lowest BCUT2D eigenvalue weighted by atomic mass is 10.1. The predicted octanol–water partition coefficient (Wildman–Crippen LogP) is 4.16. The predicted molar refractivity (Wildman–Crippen MR) is 114 cm³/mol. The van der Waals surface area contributed by atoms with Crippen LogP contribution in [0, 0.1) is 0 Å². The third-order valence-corrected chi connectivity index (χ3v) is 4.05. The molecule has 154 valence electrons. The number of anilines is 1. The molecule has 0 radical (unpaired) electrons. The molecule has 0 unspecified atom stereocenters. The summed E-state index contributed by atoms with van der Waals surface area (Å²) < 4.78 is 11.2. The summed E-state index contributed by atoms with van der Waals surface area (Å²) in [7, 11) is 0. The maximum Gasteiger partial charge on any atom is 0.251 e. The molecule has 2 amide bonds. The van der Waals surface area contributed by atoms with Crippen LogP contribution in [0.3, 0.4) is 0 Å². The zero-order chi connectivity index (χ0) is 21.3. The molecule has 3 rings (SSSR count). The quantitative estimate of drug-likeness (QED) is 0.587. The molecule has 0 aliphatic rings. The van der Waals surface area contributed by atoms with Crippen LogP contribution in [0.5, 0.6) is 17.4 Å². The fourth-order valence-electron chi connectivity index (χ4n) is 2.73. The standard InChI is InChI=1S/C23H23N3O4/c1-3-29-20-7-9-21(10-8-20)30-22-13-17(11-12-24-22)15-25-23(28)18-5-4-6-19(14-18)26-16(2)27/h4-14H,3,15H2,1-2H3,(H,25,28)(H,26,27). The smallest absolute Gasteiger partial charge is 0.251 e. The van der Waals surface area contributed by atoms with Crippen LogP contribution in [-0.2, 0) is 11.3 Å². The van der Waals surface area contributed by atoms with Gasteiger partial charge in [-0.2, -0.15) is 0 Å². The number of nitrogens with zero attached hydrogens (tertiary/aromatic N) is 1. The largest absolute Gasteiger partial charge is 0.494 e. The van der Waals surface area contributed by atoms with Crippen molar-refractivity contribution < 1.29 is 19.1 Å². The lowest BCUT2D eigenvalue weighted by Crippen LogP contribution is -2.23. The highest BCUT2D eigenvalue weighted by Gasteiger charge is 2.08. The third-order valence-electron chi connectivity index (χ3n) is 4.05. The number of carbonyl (C=O) groups excluding carboxylic acids is 2. The van der Waals surface area contributed by atoms with Gasteiger partial charge in [-0.15, -0.1) is 0 Å². The molecule has 0 aliphatic heterocycles. The maximum absolute atomic E-state index is 12.4. The van der Waals surface area contributed by atoms with E-state index >= 15 is 0 Å². The summed E-state index contributed by atoms with van der Waals surface area (Å²) >= 11 is 0. The first-order chi connectivity index (χ1) is 14.5. The second kappa shape index (κ2) is 10.1. The highest BCUT2D eigenvalue weighted by atomic mass is 16.5. The summed E-state index contributed by atoms with van der Waals surface area (Å²) in [5.41, 5.74) is 1.88. The molecule has 7 nitrogen and oxygen atoms in total. The number of hydrogen-bond donors (Lipinski definition) is 2. The minimum Gasteiger partial charge on any atom is -0.494 e. The molecule has 7 heteroatoms. The number of hydrogen-bond acceptors (Lipinski definition) is 5. The van der Waals surface area contributed by atoms with Crippen LogP contribution in [0.15, 0.2) is 66.9 Å². The zero-order valence-corrected chi connectivity index (χ0v) is 16.8. The van der Waals surface area contributed by atoms with E-state index in [1.165, 1.54) is 6.92 Å². The van der Waals surface area contributed by atoms with Gasteiger partial charge in [-0.3, -0.25) is 9.59 Å². The molecule has 0 aliphatic carbocycles. The van der Waals surface area contributed by atoms with Crippen molar-refractivity contribution >= 4 is 17.5 Å². The first-order valence-corrected chi connectivity index (χ1v) is 9.55. The Morgan fingerprint density at radius 1 is 1.00 bits per heavy atom. The molecular formula is C23H23N3O4. The molecule has 2 aromatic carbocycles. The van der Waals surface area contributed by atoms with Crippen molar-refractivity contribution in [3.63, 3.8) is 0 Å². The average molecular weight is 405 g/mol. The van der Waals surface area contributed by atoms with Crippen LogP contribution >= 0.6 is 0 Å². The van der Waals surface area contributed by atoms with E-state index in [1.807, 2.05) is 31.2 Å². The normalized spacial score (nSPS) is 10.2. The Kier molecular flexibility index (Phi) is 7.00. The van der Waals surface area contributed by atoms with Crippen LogP contribution in [0.25, 0.3) is 0 Å². The summed E-state index contributed by atoms with van der Waals surface area (Å²) in [5, 5.41) is 5.52. The molecule has 0 saturated carbocycles. The van der Waals surface area contributed by atoms with Gasteiger partial charge < -0.3 is 20.1 Å².